The maximum absolute atomic E-state index is 12.7. The highest BCUT2D eigenvalue weighted by Gasteiger charge is 2.21. The first-order chi connectivity index (χ1) is 11.7. The smallest absolute Gasteiger partial charge is 0.318 e. The molecule has 0 saturated carbocycles. The summed E-state index contributed by atoms with van der Waals surface area (Å²) in [5.74, 6) is 0. The summed E-state index contributed by atoms with van der Waals surface area (Å²) in [6.45, 7) is 5.73. The minimum atomic E-state index is -0.210. The van der Waals surface area contributed by atoms with E-state index in [0.717, 1.165) is 16.7 Å². The van der Waals surface area contributed by atoms with Gasteiger partial charge >= 0.3 is 6.03 Å². The molecule has 2 aromatic rings. The second-order valence-electron chi connectivity index (χ2n) is 5.59. The normalized spacial score (nSPS) is 11.8. The minimum absolute atomic E-state index is 0.0976. The number of benzene rings is 1. The van der Waals surface area contributed by atoms with Gasteiger partial charge in [-0.15, -0.1) is 0 Å². The fourth-order valence-electron chi connectivity index (χ4n) is 2.63. The van der Waals surface area contributed by atoms with Crippen LogP contribution in [0.15, 0.2) is 48.8 Å². The van der Waals surface area contributed by atoms with E-state index in [1.165, 1.54) is 0 Å². The maximum atomic E-state index is 12.7. The van der Waals surface area contributed by atoms with Crippen LogP contribution in [0.2, 0.25) is 0 Å². The molecule has 2 rings (SSSR count). The number of hydrogen-bond donors (Lipinski definition) is 1. The van der Waals surface area contributed by atoms with E-state index in [9.17, 15) is 4.79 Å². The van der Waals surface area contributed by atoms with Crippen LogP contribution in [0.25, 0.3) is 0 Å². The summed E-state index contributed by atoms with van der Waals surface area (Å²) in [4.78, 5) is 18.5. The standard InChI is InChI=1S/C19H25N3O2/c1-4-22(13-14-24-3)19(23)21-18(16-9-11-20-12-10-16)17-8-6-5-7-15(17)2/h5-12,18H,4,13-14H2,1-3H3,(H,21,23)/t18-/m1/s1. The highest BCUT2D eigenvalue weighted by molar-refractivity contribution is 5.75. The highest BCUT2D eigenvalue weighted by Crippen LogP contribution is 2.24. The molecular formula is C19H25N3O2. The van der Waals surface area contributed by atoms with E-state index in [2.05, 4.69) is 23.3 Å². The largest absolute Gasteiger partial charge is 0.383 e. The molecule has 1 N–H and O–H groups in total. The number of aryl methyl sites for hydroxylation is 1. The van der Waals surface area contributed by atoms with Crippen LogP contribution in [0.4, 0.5) is 4.79 Å². The molecule has 5 heteroatoms. The van der Waals surface area contributed by atoms with Crippen LogP contribution in [0.3, 0.4) is 0 Å². The minimum Gasteiger partial charge on any atom is -0.383 e. The zero-order chi connectivity index (χ0) is 17.4. The third kappa shape index (κ3) is 4.55. The number of carbonyl (C=O) groups excluding carboxylic acids is 1. The number of ether oxygens (including phenoxy) is 1. The van der Waals surface area contributed by atoms with Gasteiger partial charge in [0.1, 0.15) is 0 Å². The van der Waals surface area contributed by atoms with Gasteiger partial charge in [-0.2, -0.15) is 0 Å². The van der Waals surface area contributed by atoms with E-state index in [1.54, 1.807) is 24.4 Å². The van der Waals surface area contributed by atoms with Gasteiger partial charge in [0.05, 0.1) is 12.6 Å². The number of pyridine rings is 1. The number of hydrogen-bond acceptors (Lipinski definition) is 3. The predicted octanol–water partition coefficient (Wildman–Crippen LogP) is 3.16. The zero-order valence-corrected chi connectivity index (χ0v) is 14.5. The molecule has 128 valence electrons. The fourth-order valence-corrected chi connectivity index (χ4v) is 2.63. The fraction of sp³-hybridized carbons (Fsp3) is 0.368. The van der Waals surface area contributed by atoms with E-state index >= 15 is 0 Å². The molecule has 2 amide bonds. The Labute approximate surface area is 143 Å². The number of likely N-dealkylation sites (N-methyl/N-ethyl adjacent to an activating group) is 1. The Morgan fingerprint density at radius 2 is 1.96 bits per heavy atom. The summed E-state index contributed by atoms with van der Waals surface area (Å²) in [6, 6.07) is 11.7. The zero-order valence-electron chi connectivity index (χ0n) is 14.5. The van der Waals surface area contributed by atoms with Crippen molar-refractivity contribution >= 4 is 6.03 Å². The van der Waals surface area contributed by atoms with Crippen molar-refractivity contribution in [2.45, 2.75) is 19.9 Å². The number of methoxy groups -OCH3 is 1. The number of amides is 2. The first-order valence-electron chi connectivity index (χ1n) is 8.17. The van der Waals surface area contributed by atoms with Crippen LogP contribution in [-0.2, 0) is 4.74 Å². The lowest BCUT2D eigenvalue weighted by Gasteiger charge is -2.27. The Bertz CT molecular complexity index is 646. The second kappa shape index (κ2) is 9.03. The lowest BCUT2D eigenvalue weighted by molar-refractivity contribution is 0.150. The molecule has 1 aromatic carbocycles. The SMILES string of the molecule is CCN(CCOC)C(=O)N[C@H](c1ccncc1)c1ccccc1C. The Balaban J connectivity index is 2.27. The summed E-state index contributed by atoms with van der Waals surface area (Å²) in [7, 11) is 1.64. The molecule has 0 aliphatic rings. The molecule has 0 radical (unpaired) electrons. The van der Waals surface area contributed by atoms with Crippen LogP contribution in [0.1, 0.15) is 29.7 Å². The van der Waals surface area contributed by atoms with Crippen molar-refractivity contribution < 1.29 is 9.53 Å². The average Bonchev–Trinajstić information content (AvgIpc) is 2.62. The number of nitrogens with zero attached hydrogens (tertiary/aromatic N) is 2. The van der Waals surface area contributed by atoms with Crippen molar-refractivity contribution in [3.05, 3.63) is 65.5 Å². The van der Waals surface area contributed by atoms with Gasteiger partial charge in [0.15, 0.2) is 0 Å². The topological polar surface area (TPSA) is 54.5 Å². The van der Waals surface area contributed by atoms with Gasteiger partial charge in [0, 0.05) is 32.6 Å². The van der Waals surface area contributed by atoms with E-state index in [0.29, 0.717) is 19.7 Å². The van der Waals surface area contributed by atoms with Gasteiger partial charge in [0.2, 0.25) is 0 Å². The lowest BCUT2D eigenvalue weighted by atomic mass is 9.96. The van der Waals surface area contributed by atoms with Crippen molar-refractivity contribution in [3.63, 3.8) is 0 Å². The Morgan fingerprint density at radius 1 is 1.25 bits per heavy atom. The summed E-state index contributed by atoms with van der Waals surface area (Å²) in [5, 5.41) is 3.15. The van der Waals surface area contributed by atoms with Crippen LogP contribution in [-0.4, -0.2) is 42.7 Å². The third-order valence-electron chi connectivity index (χ3n) is 4.04. The Hall–Kier alpha value is -2.40. The maximum Gasteiger partial charge on any atom is 0.318 e. The molecule has 1 aromatic heterocycles. The van der Waals surface area contributed by atoms with E-state index < -0.39 is 0 Å². The van der Waals surface area contributed by atoms with E-state index in [4.69, 9.17) is 4.74 Å². The average molecular weight is 327 g/mol. The molecule has 0 spiro atoms. The monoisotopic (exact) mass is 327 g/mol. The first-order valence-corrected chi connectivity index (χ1v) is 8.17. The molecule has 0 fully saturated rings. The van der Waals surface area contributed by atoms with E-state index in [1.807, 2.05) is 37.3 Å². The molecule has 1 atom stereocenters. The number of urea groups is 1. The van der Waals surface area contributed by atoms with Gasteiger partial charge in [-0.1, -0.05) is 24.3 Å². The predicted molar refractivity (Wildman–Crippen MR) is 94.9 cm³/mol. The van der Waals surface area contributed by atoms with Gasteiger partial charge in [-0.3, -0.25) is 4.98 Å². The van der Waals surface area contributed by atoms with E-state index in [-0.39, 0.29) is 12.1 Å². The Morgan fingerprint density at radius 3 is 2.58 bits per heavy atom. The molecule has 0 saturated heterocycles. The quantitative estimate of drug-likeness (QED) is 0.850. The molecule has 1 heterocycles. The number of carbonyl (C=O) groups is 1. The Kier molecular flexibility index (Phi) is 6.75. The molecule has 0 aliphatic heterocycles. The summed E-state index contributed by atoms with van der Waals surface area (Å²) >= 11 is 0. The number of nitrogens with one attached hydrogen (secondary N) is 1. The van der Waals surface area contributed by atoms with Crippen molar-refractivity contribution in [1.82, 2.24) is 15.2 Å². The number of rotatable bonds is 7. The number of aromatic nitrogens is 1. The molecule has 0 aliphatic carbocycles. The third-order valence-corrected chi connectivity index (χ3v) is 4.04. The van der Waals surface area contributed by atoms with Crippen molar-refractivity contribution in [3.8, 4) is 0 Å². The van der Waals surface area contributed by atoms with Crippen LogP contribution >= 0.6 is 0 Å². The first kappa shape index (κ1) is 17.9. The van der Waals surface area contributed by atoms with Gasteiger partial charge in [0.25, 0.3) is 0 Å². The van der Waals surface area contributed by atoms with Crippen LogP contribution < -0.4 is 5.32 Å². The highest BCUT2D eigenvalue weighted by atomic mass is 16.5. The second-order valence-corrected chi connectivity index (χ2v) is 5.59. The summed E-state index contributed by atoms with van der Waals surface area (Å²) < 4.78 is 5.09. The lowest BCUT2D eigenvalue weighted by Crippen LogP contribution is -2.43. The molecule has 5 nitrogen and oxygen atoms in total. The summed E-state index contributed by atoms with van der Waals surface area (Å²) in [6.07, 6.45) is 3.49. The van der Waals surface area contributed by atoms with Crippen molar-refractivity contribution in [2.75, 3.05) is 26.8 Å². The van der Waals surface area contributed by atoms with Crippen molar-refractivity contribution in [2.24, 2.45) is 0 Å². The van der Waals surface area contributed by atoms with Gasteiger partial charge in [-0.25, -0.2) is 4.79 Å². The summed E-state index contributed by atoms with van der Waals surface area (Å²) in [5.41, 5.74) is 3.23. The van der Waals surface area contributed by atoms with Gasteiger partial charge in [-0.05, 0) is 42.7 Å². The van der Waals surface area contributed by atoms with Crippen molar-refractivity contribution in [1.29, 1.82) is 0 Å². The van der Waals surface area contributed by atoms with Crippen LogP contribution in [0.5, 0.6) is 0 Å². The van der Waals surface area contributed by atoms with Gasteiger partial charge < -0.3 is 15.0 Å². The molecule has 0 bridgehead atoms. The molecule has 0 unspecified atom stereocenters. The molecule has 24 heavy (non-hydrogen) atoms. The van der Waals surface area contributed by atoms with Crippen LogP contribution in [0, 0.1) is 6.92 Å². The molecular weight excluding hydrogens is 302 g/mol.